The Kier molecular flexibility index (Phi) is 5.97. The summed E-state index contributed by atoms with van der Waals surface area (Å²) in [5, 5.41) is 0. The molecule has 4 rings (SSSR count). The summed E-state index contributed by atoms with van der Waals surface area (Å²) in [6.07, 6.45) is -5.63. The number of morpholine rings is 1. The molecule has 0 saturated carbocycles. The zero-order valence-corrected chi connectivity index (χ0v) is 17.2. The Morgan fingerprint density at radius 1 is 1.03 bits per heavy atom. The fourth-order valence-electron chi connectivity index (χ4n) is 3.60. The van der Waals surface area contributed by atoms with E-state index >= 15 is 0 Å². The molecule has 1 atom stereocenters. The third-order valence-corrected chi connectivity index (χ3v) is 6.63. The monoisotopic (exact) mass is 474 g/mol. The Balaban J connectivity index is 1.59. The molecule has 4 nitrogen and oxygen atoms in total. The number of nitrogens with zero attached hydrogens (tertiary/aromatic N) is 2. The van der Waals surface area contributed by atoms with Crippen LogP contribution in [-0.2, 0) is 9.48 Å². The molecule has 2 aromatic rings. The molecule has 2 aromatic carbocycles. The summed E-state index contributed by atoms with van der Waals surface area (Å²) in [7, 11) is 0. The molecule has 0 spiro atoms. The van der Waals surface area contributed by atoms with Crippen molar-refractivity contribution in [2.75, 3.05) is 26.3 Å². The van der Waals surface area contributed by atoms with Gasteiger partial charge in [-0.15, -0.1) is 0 Å². The van der Waals surface area contributed by atoms with Crippen molar-refractivity contribution in [3.63, 3.8) is 0 Å². The molecule has 1 amide bonds. The van der Waals surface area contributed by atoms with E-state index in [1.54, 1.807) is 4.90 Å². The maximum Gasteiger partial charge on any atom is 0.409 e. The van der Waals surface area contributed by atoms with E-state index in [1.807, 2.05) is 0 Å². The van der Waals surface area contributed by atoms with Crippen molar-refractivity contribution in [3.05, 3.63) is 70.5 Å². The molecule has 0 aliphatic carbocycles. The highest BCUT2D eigenvalue weighted by molar-refractivity contribution is 7.99. The number of halogens is 6. The summed E-state index contributed by atoms with van der Waals surface area (Å²) < 4.78 is 89.1. The second kappa shape index (κ2) is 8.43. The second-order valence-electron chi connectivity index (χ2n) is 7.37. The molecule has 0 aromatic heterocycles. The number of carbonyl (C=O) groups excluding carboxylic acids is 1. The Morgan fingerprint density at radius 3 is 2.19 bits per heavy atom. The minimum absolute atomic E-state index is 0.0443. The van der Waals surface area contributed by atoms with E-state index < -0.39 is 40.4 Å². The van der Waals surface area contributed by atoms with Gasteiger partial charge in [-0.1, -0.05) is 12.1 Å². The number of rotatable bonds is 3. The van der Waals surface area contributed by atoms with Gasteiger partial charge in [0.05, 0.1) is 18.9 Å². The fraction of sp³-hybridized carbons (Fsp3) is 0.333. The fourth-order valence-corrected chi connectivity index (χ4v) is 4.57. The van der Waals surface area contributed by atoms with Crippen LogP contribution in [0.3, 0.4) is 0 Å². The van der Waals surface area contributed by atoms with Gasteiger partial charge >= 0.3 is 6.18 Å². The van der Waals surface area contributed by atoms with E-state index in [2.05, 4.69) is 4.40 Å². The van der Waals surface area contributed by atoms with E-state index in [9.17, 15) is 31.1 Å². The van der Waals surface area contributed by atoms with Gasteiger partial charge < -0.3 is 9.64 Å². The van der Waals surface area contributed by atoms with Crippen molar-refractivity contribution in [2.24, 2.45) is 4.40 Å². The molecule has 32 heavy (non-hydrogen) atoms. The van der Waals surface area contributed by atoms with Crippen LogP contribution in [0.2, 0.25) is 0 Å². The van der Waals surface area contributed by atoms with Gasteiger partial charge in [-0.05, 0) is 47.3 Å². The molecular weight excluding hydrogens is 458 g/mol. The summed E-state index contributed by atoms with van der Waals surface area (Å²) in [6, 6.07) is 6.63. The maximum atomic E-state index is 14.0. The van der Waals surface area contributed by atoms with Crippen LogP contribution in [0.25, 0.3) is 0 Å². The van der Waals surface area contributed by atoms with Gasteiger partial charge in [0.1, 0.15) is 0 Å². The molecule has 0 N–H and O–H groups in total. The van der Waals surface area contributed by atoms with Crippen LogP contribution in [0, 0.1) is 17.5 Å². The molecule has 1 saturated heterocycles. The summed E-state index contributed by atoms with van der Waals surface area (Å²) in [5.41, 5.74) is -0.0102. The largest absolute Gasteiger partial charge is 0.409 e. The van der Waals surface area contributed by atoms with Gasteiger partial charge in [0.2, 0.25) is 0 Å². The van der Waals surface area contributed by atoms with Gasteiger partial charge in [-0.2, -0.15) is 13.2 Å². The number of amides is 1. The van der Waals surface area contributed by atoms with Crippen molar-refractivity contribution in [1.82, 2.24) is 4.90 Å². The molecule has 2 aliphatic rings. The van der Waals surface area contributed by atoms with Gasteiger partial charge in [0.15, 0.2) is 22.2 Å². The van der Waals surface area contributed by atoms with Gasteiger partial charge in [-0.3, -0.25) is 4.79 Å². The first kappa shape index (κ1) is 22.7. The maximum absolute atomic E-state index is 14.0. The van der Waals surface area contributed by atoms with E-state index in [0.717, 1.165) is 0 Å². The predicted octanol–water partition coefficient (Wildman–Crippen LogP) is 4.88. The second-order valence-corrected chi connectivity index (χ2v) is 8.43. The molecule has 1 fully saturated rings. The lowest BCUT2D eigenvalue weighted by Crippen LogP contribution is -2.40. The molecule has 0 bridgehead atoms. The molecule has 2 heterocycles. The summed E-state index contributed by atoms with van der Waals surface area (Å²) in [5.74, 6) is -5.47. The SMILES string of the molecule is O=C(c1ccc(C2=NSC(c3cc(F)c(F)c(F)c3)(C(F)(F)F)C2)cc1)N1CCOCC1. The first-order chi connectivity index (χ1) is 15.1. The third kappa shape index (κ3) is 3.99. The van der Waals surface area contributed by atoms with Crippen LogP contribution in [0.4, 0.5) is 26.3 Å². The number of hydrogen-bond donors (Lipinski definition) is 0. The minimum Gasteiger partial charge on any atom is -0.378 e. The number of hydrogen-bond acceptors (Lipinski definition) is 4. The van der Waals surface area contributed by atoms with Crippen LogP contribution >= 0.6 is 11.9 Å². The highest BCUT2D eigenvalue weighted by Gasteiger charge is 2.60. The van der Waals surface area contributed by atoms with E-state index in [0.29, 0.717) is 49.6 Å². The Bertz CT molecular complexity index is 1040. The highest BCUT2D eigenvalue weighted by atomic mass is 32.2. The lowest BCUT2D eigenvalue weighted by molar-refractivity contribution is -0.159. The standard InChI is InChI=1S/C21H16F6N2O2S/c22-15-9-14(10-16(23)18(15)24)20(21(25,26)27)11-17(28-32-20)12-1-3-13(4-2-12)19(30)29-5-7-31-8-6-29/h1-4,9-10H,5-8,11H2. The van der Waals surface area contributed by atoms with Gasteiger partial charge in [-0.25, -0.2) is 17.6 Å². The van der Waals surface area contributed by atoms with Crippen molar-refractivity contribution in [3.8, 4) is 0 Å². The summed E-state index contributed by atoms with van der Waals surface area (Å²) in [4.78, 5) is 14.1. The van der Waals surface area contributed by atoms with E-state index in [-0.39, 0.29) is 23.6 Å². The number of carbonyl (C=O) groups is 1. The van der Waals surface area contributed by atoms with Crippen molar-refractivity contribution in [2.45, 2.75) is 17.3 Å². The lowest BCUT2D eigenvalue weighted by Gasteiger charge is -2.30. The van der Waals surface area contributed by atoms with Crippen molar-refractivity contribution < 1.29 is 35.9 Å². The molecule has 11 heteroatoms. The first-order valence-electron chi connectivity index (χ1n) is 9.56. The smallest absolute Gasteiger partial charge is 0.378 e. The minimum atomic E-state index is -4.92. The van der Waals surface area contributed by atoms with E-state index in [4.69, 9.17) is 4.74 Å². The third-order valence-electron chi connectivity index (χ3n) is 5.40. The normalized spacial score (nSPS) is 21.6. The first-order valence-corrected chi connectivity index (χ1v) is 10.3. The molecule has 2 aliphatic heterocycles. The Labute approximate surface area is 183 Å². The molecule has 1 unspecified atom stereocenters. The van der Waals surface area contributed by atoms with Crippen LogP contribution in [0.15, 0.2) is 40.8 Å². The Hall–Kier alpha value is -2.53. The quantitative estimate of drug-likeness (QED) is 0.362. The van der Waals surface area contributed by atoms with Crippen LogP contribution in [0.1, 0.15) is 27.9 Å². The topological polar surface area (TPSA) is 41.9 Å². The van der Waals surface area contributed by atoms with Crippen molar-refractivity contribution >= 4 is 23.6 Å². The molecule has 0 radical (unpaired) electrons. The average Bonchev–Trinajstić information content (AvgIpc) is 3.24. The highest BCUT2D eigenvalue weighted by Crippen LogP contribution is 2.56. The predicted molar refractivity (Wildman–Crippen MR) is 106 cm³/mol. The Morgan fingerprint density at radius 2 is 1.62 bits per heavy atom. The molecule has 170 valence electrons. The van der Waals surface area contributed by atoms with Crippen LogP contribution in [-0.4, -0.2) is 49.0 Å². The van der Waals surface area contributed by atoms with Crippen molar-refractivity contribution in [1.29, 1.82) is 0 Å². The van der Waals surface area contributed by atoms with Crippen LogP contribution in [0.5, 0.6) is 0 Å². The van der Waals surface area contributed by atoms with E-state index in [1.165, 1.54) is 24.3 Å². The lowest BCUT2D eigenvalue weighted by atomic mass is 9.89. The number of benzene rings is 2. The molecular formula is C21H16F6N2O2S. The summed E-state index contributed by atoms with van der Waals surface area (Å²) in [6.45, 7) is 1.76. The van der Waals surface area contributed by atoms with Crippen LogP contribution < -0.4 is 0 Å². The zero-order valence-electron chi connectivity index (χ0n) is 16.4. The number of ether oxygens (including phenoxy) is 1. The number of alkyl halides is 3. The van der Waals surface area contributed by atoms with Gasteiger partial charge in [0, 0.05) is 25.1 Å². The zero-order chi connectivity index (χ0) is 23.1. The average molecular weight is 474 g/mol. The van der Waals surface area contributed by atoms with Gasteiger partial charge in [0.25, 0.3) is 5.91 Å². The summed E-state index contributed by atoms with van der Waals surface area (Å²) >= 11 is 0.127.